The van der Waals surface area contributed by atoms with Gasteiger partial charge in [-0.3, -0.25) is 4.79 Å². The highest BCUT2D eigenvalue weighted by atomic mass is 16.4. The van der Waals surface area contributed by atoms with Crippen molar-refractivity contribution in [2.75, 3.05) is 0 Å². The molecule has 1 aliphatic carbocycles. The van der Waals surface area contributed by atoms with Crippen LogP contribution in [0.2, 0.25) is 0 Å². The topological polar surface area (TPSA) is 66.4 Å². The fourth-order valence-corrected chi connectivity index (χ4v) is 1.89. The van der Waals surface area contributed by atoms with Crippen LogP contribution in [0.1, 0.15) is 38.5 Å². The number of aliphatic carboxylic acids is 1. The van der Waals surface area contributed by atoms with Crippen molar-refractivity contribution in [1.29, 1.82) is 0 Å². The summed E-state index contributed by atoms with van der Waals surface area (Å²) in [7, 11) is 0. The van der Waals surface area contributed by atoms with Crippen molar-refractivity contribution >= 4 is 11.9 Å². The van der Waals surface area contributed by atoms with Crippen molar-refractivity contribution in [3.63, 3.8) is 0 Å². The van der Waals surface area contributed by atoms with Gasteiger partial charge in [0.2, 0.25) is 5.91 Å². The number of rotatable bonds is 4. The summed E-state index contributed by atoms with van der Waals surface area (Å²) >= 11 is 0. The molecule has 1 saturated carbocycles. The molecule has 1 aliphatic rings. The molecule has 0 aromatic carbocycles. The molecule has 0 bridgehead atoms. The van der Waals surface area contributed by atoms with Crippen LogP contribution in [0.25, 0.3) is 0 Å². The third kappa shape index (κ3) is 2.72. The van der Waals surface area contributed by atoms with Gasteiger partial charge in [-0.2, -0.15) is 0 Å². The first-order valence-electron chi connectivity index (χ1n) is 5.08. The van der Waals surface area contributed by atoms with E-state index in [1.54, 1.807) is 0 Å². The van der Waals surface area contributed by atoms with Crippen molar-refractivity contribution in [3.8, 4) is 12.3 Å². The van der Waals surface area contributed by atoms with Gasteiger partial charge in [0.05, 0.1) is 0 Å². The standard InChI is InChI=1S/C11H15NO3/c1-2-3-6-9(13)12-11(10(14)15)7-4-5-8-11/h1H,3-8H2,(H,12,13)(H,14,15). The Hall–Kier alpha value is -1.50. The summed E-state index contributed by atoms with van der Waals surface area (Å²) in [4.78, 5) is 22.5. The number of nitrogens with one attached hydrogen (secondary N) is 1. The van der Waals surface area contributed by atoms with Crippen LogP contribution in [0, 0.1) is 12.3 Å². The SMILES string of the molecule is C#CCCC(=O)NC1(C(=O)O)CCCC1. The quantitative estimate of drug-likeness (QED) is 0.676. The molecule has 15 heavy (non-hydrogen) atoms. The molecular weight excluding hydrogens is 194 g/mol. The minimum absolute atomic E-state index is 0.200. The van der Waals surface area contributed by atoms with Gasteiger partial charge in [-0.15, -0.1) is 12.3 Å². The third-order valence-corrected chi connectivity index (χ3v) is 2.74. The van der Waals surface area contributed by atoms with Gasteiger partial charge in [-0.1, -0.05) is 12.8 Å². The van der Waals surface area contributed by atoms with E-state index < -0.39 is 11.5 Å². The number of carbonyl (C=O) groups is 2. The van der Waals surface area contributed by atoms with Crippen LogP contribution in [-0.4, -0.2) is 22.5 Å². The van der Waals surface area contributed by atoms with E-state index in [0.717, 1.165) is 12.8 Å². The molecule has 1 fully saturated rings. The van der Waals surface area contributed by atoms with Gasteiger partial charge in [-0.25, -0.2) is 4.79 Å². The molecule has 1 amide bonds. The Kier molecular flexibility index (Phi) is 3.73. The van der Waals surface area contributed by atoms with Crippen molar-refractivity contribution in [3.05, 3.63) is 0 Å². The monoisotopic (exact) mass is 209 g/mol. The lowest BCUT2D eigenvalue weighted by Gasteiger charge is -2.25. The maximum absolute atomic E-state index is 11.4. The highest BCUT2D eigenvalue weighted by molar-refractivity contribution is 5.87. The average molecular weight is 209 g/mol. The molecule has 0 aliphatic heterocycles. The van der Waals surface area contributed by atoms with Crippen molar-refractivity contribution in [1.82, 2.24) is 5.32 Å². The van der Waals surface area contributed by atoms with E-state index in [1.165, 1.54) is 0 Å². The van der Waals surface area contributed by atoms with Crippen LogP contribution in [-0.2, 0) is 9.59 Å². The summed E-state index contributed by atoms with van der Waals surface area (Å²) in [6, 6.07) is 0. The van der Waals surface area contributed by atoms with Crippen molar-refractivity contribution in [2.45, 2.75) is 44.1 Å². The molecule has 0 saturated heterocycles. The first kappa shape index (κ1) is 11.6. The first-order chi connectivity index (χ1) is 7.10. The van der Waals surface area contributed by atoms with E-state index in [2.05, 4.69) is 11.2 Å². The minimum Gasteiger partial charge on any atom is -0.480 e. The average Bonchev–Trinajstić information content (AvgIpc) is 2.64. The van der Waals surface area contributed by atoms with Crippen LogP contribution >= 0.6 is 0 Å². The molecule has 0 spiro atoms. The third-order valence-electron chi connectivity index (χ3n) is 2.74. The van der Waals surface area contributed by atoms with E-state index in [0.29, 0.717) is 19.3 Å². The zero-order valence-electron chi connectivity index (χ0n) is 8.58. The lowest BCUT2D eigenvalue weighted by atomic mass is 9.97. The van der Waals surface area contributed by atoms with Gasteiger partial charge in [0.15, 0.2) is 0 Å². The van der Waals surface area contributed by atoms with Crippen LogP contribution in [0.3, 0.4) is 0 Å². The molecular formula is C11H15NO3. The number of carboxylic acid groups (broad SMARTS) is 1. The van der Waals surface area contributed by atoms with E-state index in [-0.39, 0.29) is 12.3 Å². The summed E-state index contributed by atoms with van der Waals surface area (Å²) in [6.45, 7) is 0. The Bertz CT molecular complexity index is 297. The number of carbonyl (C=O) groups excluding carboxylic acids is 1. The summed E-state index contributed by atoms with van der Waals surface area (Å²) in [5, 5.41) is 11.7. The Balaban J connectivity index is 2.56. The largest absolute Gasteiger partial charge is 0.480 e. The molecule has 0 heterocycles. The maximum Gasteiger partial charge on any atom is 0.329 e. The van der Waals surface area contributed by atoms with E-state index in [4.69, 9.17) is 11.5 Å². The molecule has 0 atom stereocenters. The second kappa shape index (κ2) is 4.83. The summed E-state index contributed by atoms with van der Waals surface area (Å²) in [5.41, 5.74) is -1.04. The molecule has 1 rings (SSSR count). The van der Waals surface area contributed by atoms with Gasteiger partial charge in [0.1, 0.15) is 5.54 Å². The molecule has 0 radical (unpaired) electrons. The number of amides is 1. The van der Waals surface area contributed by atoms with Gasteiger partial charge in [0.25, 0.3) is 0 Å². The number of carboxylic acids is 1. The Morgan fingerprint density at radius 1 is 1.40 bits per heavy atom. The number of hydrogen-bond donors (Lipinski definition) is 2. The molecule has 2 N–H and O–H groups in total. The zero-order chi connectivity index (χ0) is 11.3. The van der Waals surface area contributed by atoms with Crippen LogP contribution in [0.4, 0.5) is 0 Å². The molecule has 4 nitrogen and oxygen atoms in total. The first-order valence-corrected chi connectivity index (χ1v) is 5.08. The van der Waals surface area contributed by atoms with Crippen LogP contribution in [0.15, 0.2) is 0 Å². The van der Waals surface area contributed by atoms with Gasteiger partial charge < -0.3 is 10.4 Å². The predicted octanol–water partition coefficient (Wildman–Crippen LogP) is 0.913. The Labute approximate surface area is 89.0 Å². The summed E-state index contributed by atoms with van der Waals surface area (Å²) in [6.07, 6.45) is 8.31. The minimum atomic E-state index is -1.04. The van der Waals surface area contributed by atoms with Crippen LogP contribution < -0.4 is 5.32 Å². The second-order valence-electron chi connectivity index (χ2n) is 3.85. The molecule has 4 heteroatoms. The Morgan fingerprint density at radius 2 is 2.00 bits per heavy atom. The smallest absolute Gasteiger partial charge is 0.329 e. The van der Waals surface area contributed by atoms with Crippen molar-refractivity contribution < 1.29 is 14.7 Å². The number of terminal acetylenes is 1. The van der Waals surface area contributed by atoms with Crippen molar-refractivity contribution in [2.24, 2.45) is 0 Å². The van der Waals surface area contributed by atoms with E-state index in [1.807, 2.05) is 0 Å². The summed E-state index contributed by atoms with van der Waals surface area (Å²) < 4.78 is 0. The molecule has 0 aromatic rings. The fourth-order valence-electron chi connectivity index (χ4n) is 1.89. The second-order valence-corrected chi connectivity index (χ2v) is 3.85. The normalized spacial score (nSPS) is 18.1. The van der Waals surface area contributed by atoms with Gasteiger partial charge in [-0.05, 0) is 12.8 Å². The van der Waals surface area contributed by atoms with Crippen LogP contribution in [0.5, 0.6) is 0 Å². The molecule has 0 aromatic heterocycles. The highest BCUT2D eigenvalue weighted by Crippen LogP contribution is 2.29. The van der Waals surface area contributed by atoms with E-state index >= 15 is 0 Å². The molecule has 0 unspecified atom stereocenters. The number of hydrogen-bond acceptors (Lipinski definition) is 2. The zero-order valence-corrected chi connectivity index (χ0v) is 8.58. The highest BCUT2D eigenvalue weighted by Gasteiger charge is 2.42. The molecule has 82 valence electrons. The Morgan fingerprint density at radius 3 is 2.47 bits per heavy atom. The lowest BCUT2D eigenvalue weighted by Crippen LogP contribution is -2.52. The maximum atomic E-state index is 11.4. The summed E-state index contributed by atoms with van der Waals surface area (Å²) in [5.74, 6) is 1.15. The van der Waals surface area contributed by atoms with Gasteiger partial charge >= 0.3 is 5.97 Å². The fraction of sp³-hybridized carbons (Fsp3) is 0.636. The van der Waals surface area contributed by atoms with E-state index in [9.17, 15) is 9.59 Å². The lowest BCUT2D eigenvalue weighted by molar-refractivity contribution is -0.147. The van der Waals surface area contributed by atoms with Gasteiger partial charge in [0, 0.05) is 12.8 Å². The predicted molar refractivity (Wildman–Crippen MR) is 55.0 cm³/mol.